The fourth-order valence-corrected chi connectivity index (χ4v) is 2.13. The van der Waals surface area contributed by atoms with Crippen LogP contribution in [0.25, 0.3) is 0 Å². The first-order valence-electron chi connectivity index (χ1n) is 6.33. The summed E-state index contributed by atoms with van der Waals surface area (Å²) in [6.45, 7) is 1.74. The molecule has 0 unspecified atom stereocenters. The van der Waals surface area contributed by atoms with Gasteiger partial charge in [0.25, 0.3) is 0 Å². The molecule has 4 heteroatoms. The standard InChI is InChI=1S/C14H18O4/c1-10-9-12(7-8-13(10)15)18-14(16)17-11-5-3-2-4-6-11/h7-9,11,15H,2-6H2,1H3. The molecule has 0 saturated heterocycles. The Bertz CT molecular complexity index is 422. The monoisotopic (exact) mass is 250 g/mol. The number of hydrogen-bond donors (Lipinski definition) is 1. The van der Waals surface area contributed by atoms with Crippen LogP contribution >= 0.6 is 0 Å². The Morgan fingerprint density at radius 1 is 1.28 bits per heavy atom. The van der Waals surface area contributed by atoms with Crippen LogP contribution in [0.1, 0.15) is 37.7 Å². The molecule has 4 nitrogen and oxygen atoms in total. The zero-order valence-electron chi connectivity index (χ0n) is 10.5. The van der Waals surface area contributed by atoms with E-state index in [1.54, 1.807) is 19.1 Å². The lowest BCUT2D eigenvalue weighted by atomic mass is 9.98. The number of phenolic OH excluding ortho intramolecular Hbond substituents is 1. The molecule has 1 aliphatic carbocycles. The molecule has 0 bridgehead atoms. The Kier molecular flexibility index (Phi) is 4.07. The van der Waals surface area contributed by atoms with Crippen LogP contribution in [0.5, 0.6) is 11.5 Å². The van der Waals surface area contributed by atoms with Crippen LogP contribution < -0.4 is 4.74 Å². The van der Waals surface area contributed by atoms with Gasteiger partial charge >= 0.3 is 6.16 Å². The molecule has 0 spiro atoms. The van der Waals surface area contributed by atoms with Gasteiger partial charge in [-0.1, -0.05) is 6.42 Å². The maximum atomic E-state index is 11.6. The third-order valence-corrected chi connectivity index (χ3v) is 3.18. The van der Waals surface area contributed by atoms with Crippen molar-refractivity contribution in [3.8, 4) is 11.5 Å². The maximum absolute atomic E-state index is 11.6. The average molecular weight is 250 g/mol. The second-order valence-electron chi connectivity index (χ2n) is 4.68. The van der Waals surface area contributed by atoms with E-state index in [4.69, 9.17) is 9.47 Å². The molecular formula is C14H18O4. The lowest BCUT2D eigenvalue weighted by molar-refractivity contribution is 0.0416. The van der Waals surface area contributed by atoms with E-state index in [0.29, 0.717) is 11.3 Å². The Morgan fingerprint density at radius 2 is 2.00 bits per heavy atom. The molecule has 1 aromatic carbocycles. The largest absolute Gasteiger partial charge is 0.514 e. The van der Waals surface area contributed by atoms with E-state index in [1.165, 1.54) is 12.5 Å². The van der Waals surface area contributed by atoms with E-state index in [0.717, 1.165) is 25.7 Å². The normalized spacial score (nSPS) is 16.3. The summed E-state index contributed by atoms with van der Waals surface area (Å²) in [4.78, 5) is 11.6. The molecular weight excluding hydrogens is 232 g/mol. The Hall–Kier alpha value is -1.71. The minimum atomic E-state index is -0.660. The summed E-state index contributed by atoms with van der Waals surface area (Å²) < 4.78 is 10.3. The average Bonchev–Trinajstić information content (AvgIpc) is 2.35. The lowest BCUT2D eigenvalue weighted by Crippen LogP contribution is -2.23. The van der Waals surface area contributed by atoms with Gasteiger partial charge < -0.3 is 14.6 Å². The first-order chi connectivity index (χ1) is 8.65. The van der Waals surface area contributed by atoms with E-state index in [-0.39, 0.29) is 11.9 Å². The molecule has 1 aliphatic rings. The molecule has 0 amide bonds. The second-order valence-corrected chi connectivity index (χ2v) is 4.68. The maximum Gasteiger partial charge on any atom is 0.514 e. The number of aromatic hydroxyl groups is 1. The molecule has 0 radical (unpaired) electrons. The summed E-state index contributed by atoms with van der Waals surface area (Å²) in [6, 6.07) is 4.65. The van der Waals surface area contributed by atoms with Gasteiger partial charge in [0, 0.05) is 0 Å². The molecule has 2 rings (SSSR count). The summed E-state index contributed by atoms with van der Waals surface area (Å²) >= 11 is 0. The van der Waals surface area contributed by atoms with Gasteiger partial charge in [0.1, 0.15) is 17.6 Å². The van der Waals surface area contributed by atoms with Gasteiger partial charge in [-0.15, -0.1) is 0 Å². The van der Waals surface area contributed by atoms with Gasteiger partial charge in [-0.25, -0.2) is 4.79 Å². The number of ether oxygens (including phenoxy) is 2. The van der Waals surface area contributed by atoms with E-state index in [2.05, 4.69) is 0 Å². The molecule has 1 N–H and O–H groups in total. The second kappa shape index (κ2) is 5.76. The topological polar surface area (TPSA) is 55.8 Å². The quantitative estimate of drug-likeness (QED) is 0.644. The van der Waals surface area contributed by atoms with Crippen molar-refractivity contribution in [1.82, 2.24) is 0 Å². The fourth-order valence-electron chi connectivity index (χ4n) is 2.13. The van der Waals surface area contributed by atoms with E-state index in [9.17, 15) is 9.90 Å². The SMILES string of the molecule is Cc1cc(OC(=O)OC2CCCCC2)ccc1O. The summed E-state index contributed by atoms with van der Waals surface area (Å²) in [7, 11) is 0. The van der Waals surface area contributed by atoms with Gasteiger partial charge in [0.05, 0.1) is 0 Å². The summed E-state index contributed by atoms with van der Waals surface area (Å²) in [5.41, 5.74) is 0.665. The number of carbonyl (C=O) groups excluding carboxylic acids is 1. The van der Waals surface area contributed by atoms with Crippen molar-refractivity contribution in [2.24, 2.45) is 0 Å². The minimum Gasteiger partial charge on any atom is -0.508 e. The smallest absolute Gasteiger partial charge is 0.508 e. The van der Waals surface area contributed by atoms with E-state index < -0.39 is 6.16 Å². The van der Waals surface area contributed by atoms with Crippen LogP contribution in [0.2, 0.25) is 0 Å². The van der Waals surface area contributed by atoms with Crippen molar-refractivity contribution in [3.63, 3.8) is 0 Å². The van der Waals surface area contributed by atoms with Crippen LogP contribution in [0.15, 0.2) is 18.2 Å². The van der Waals surface area contributed by atoms with Gasteiger partial charge in [-0.2, -0.15) is 0 Å². The van der Waals surface area contributed by atoms with Crippen molar-refractivity contribution >= 4 is 6.16 Å². The first kappa shape index (κ1) is 12.7. The molecule has 98 valence electrons. The predicted octanol–water partition coefficient (Wildman–Crippen LogP) is 3.55. The number of phenols is 1. The van der Waals surface area contributed by atoms with Crippen LogP contribution in [0.4, 0.5) is 4.79 Å². The van der Waals surface area contributed by atoms with Gasteiger partial charge in [0.2, 0.25) is 0 Å². The first-order valence-corrected chi connectivity index (χ1v) is 6.33. The summed E-state index contributed by atoms with van der Waals surface area (Å²) in [6.07, 6.45) is 4.60. The molecule has 0 aliphatic heterocycles. The number of benzene rings is 1. The predicted molar refractivity (Wildman–Crippen MR) is 66.8 cm³/mol. The lowest BCUT2D eigenvalue weighted by Gasteiger charge is -2.21. The Morgan fingerprint density at radius 3 is 2.67 bits per heavy atom. The van der Waals surface area contributed by atoms with E-state index >= 15 is 0 Å². The number of rotatable bonds is 2. The van der Waals surface area contributed by atoms with Crippen molar-refractivity contribution in [1.29, 1.82) is 0 Å². The van der Waals surface area contributed by atoms with Crippen LogP contribution in [-0.4, -0.2) is 17.4 Å². The van der Waals surface area contributed by atoms with Crippen LogP contribution in [0.3, 0.4) is 0 Å². The third kappa shape index (κ3) is 3.39. The van der Waals surface area contributed by atoms with Crippen molar-refractivity contribution in [2.45, 2.75) is 45.1 Å². The highest BCUT2D eigenvalue weighted by Crippen LogP contribution is 2.24. The van der Waals surface area contributed by atoms with Crippen molar-refractivity contribution < 1.29 is 19.4 Å². The Balaban J connectivity index is 1.88. The Labute approximate surface area is 107 Å². The van der Waals surface area contributed by atoms with Crippen LogP contribution in [0, 0.1) is 6.92 Å². The van der Waals surface area contributed by atoms with Gasteiger partial charge in [0.15, 0.2) is 0 Å². The highest BCUT2D eigenvalue weighted by molar-refractivity contribution is 5.64. The molecule has 1 saturated carbocycles. The minimum absolute atomic E-state index is 0.00976. The molecule has 0 atom stereocenters. The van der Waals surface area contributed by atoms with Crippen molar-refractivity contribution in [2.75, 3.05) is 0 Å². The molecule has 0 aromatic heterocycles. The molecule has 18 heavy (non-hydrogen) atoms. The summed E-state index contributed by atoms with van der Waals surface area (Å²) in [5, 5.41) is 9.37. The summed E-state index contributed by atoms with van der Waals surface area (Å²) in [5.74, 6) is 0.578. The third-order valence-electron chi connectivity index (χ3n) is 3.18. The number of aryl methyl sites for hydroxylation is 1. The van der Waals surface area contributed by atoms with Crippen LogP contribution in [-0.2, 0) is 4.74 Å². The molecule has 1 aromatic rings. The molecule has 1 fully saturated rings. The fraction of sp³-hybridized carbons (Fsp3) is 0.500. The number of carbonyl (C=O) groups is 1. The molecule has 0 heterocycles. The van der Waals surface area contributed by atoms with E-state index in [1.807, 2.05) is 0 Å². The van der Waals surface area contributed by atoms with Gasteiger partial charge in [-0.3, -0.25) is 0 Å². The number of hydrogen-bond acceptors (Lipinski definition) is 4. The highest BCUT2D eigenvalue weighted by atomic mass is 16.7. The van der Waals surface area contributed by atoms with Gasteiger partial charge in [-0.05, 0) is 56.4 Å². The zero-order chi connectivity index (χ0) is 13.0. The van der Waals surface area contributed by atoms with Crippen molar-refractivity contribution in [3.05, 3.63) is 23.8 Å². The zero-order valence-corrected chi connectivity index (χ0v) is 10.5. The highest BCUT2D eigenvalue weighted by Gasteiger charge is 2.19.